The van der Waals surface area contributed by atoms with Gasteiger partial charge in [0.25, 0.3) is 0 Å². The first-order valence-corrected chi connectivity index (χ1v) is 17.3. The van der Waals surface area contributed by atoms with Gasteiger partial charge < -0.3 is 8.85 Å². The van der Waals surface area contributed by atoms with E-state index >= 15 is 0 Å². The van der Waals surface area contributed by atoms with E-state index in [1.54, 1.807) is 0 Å². The van der Waals surface area contributed by atoms with Gasteiger partial charge in [0.2, 0.25) is 0 Å². The zero-order valence-corrected chi connectivity index (χ0v) is 24.0. The van der Waals surface area contributed by atoms with Crippen molar-refractivity contribution in [3.63, 3.8) is 0 Å². The van der Waals surface area contributed by atoms with Crippen LogP contribution in [0.4, 0.5) is 0 Å². The molecule has 0 unspecified atom stereocenters. The summed E-state index contributed by atoms with van der Waals surface area (Å²) in [5.41, 5.74) is 0. The first kappa shape index (κ1) is 32.1. The van der Waals surface area contributed by atoms with Crippen LogP contribution in [0.1, 0.15) is 163 Å². The van der Waals surface area contributed by atoms with Crippen LogP contribution in [0.5, 0.6) is 0 Å². The van der Waals surface area contributed by atoms with E-state index in [0.717, 1.165) is 25.3 Å². The van der Waals surface area contributed by atoms with Crippen LogP contribution in [0.2, 0.25) is 12.1 Å². The molecule has 0 aromatic heterocycles. The lowest BCUT2D eigenvalue weighted by atomic mass is 10.0. The second-order valence-corrected chi connectivity index (χ2v) is 13.8. The second kappa shape index (κ2) is 25.8. The normalized spacial score (nSPS) is 12.0. The van der Waals surface area contributed by atoms with Crippen LogP contribution in [0.15, 0.2) is 0 Å². The molecule has 0 N–H and O–H groups in total. The fourth-order valence-electron chi connectivity index (χ4n) is 4.57. The topological polar surface area (TPSA) is 18.5 Å². The number of unbranched alkanes of at least 4 members (excludes halogenated alkanes) is 19. The molecule has 0 heterocycles. The van der Waals surface area contributed by atoms with Crippen molar-refractivity contribution in [2.45, 2.75) is 175 Å². The average Bonchev–Trinajstić information content (AvgIpc) is 2.82. The Labute approximate surface area is 205 Å². The number of hydrogen-bond donors (Lipinski definition) is 0. The monoisotopic (exact) mass is 470 g/mol. The van der Waals surface area contributed by atoms with E-state index in [4.69, 9.17) is 8.85 Å². The van der Waals surface area contributed by atoms with Crippen molar-refractivity contribution in [3.05, 3.63) is 0 Å². The van der Waals surface area contributed by atoms with Crippen LogP contribution in [0, 0.1) is 0 Å². The first-order chi connectivity index (χ1) is 15.7. The van der Waals surface area contributed by atoms with Crippen molar-refractivity contribution in [2.24, 2.45) is 0 Å². The SMILES string of the molecule is CCCCCCCCCCCCCCCO[Si](CC)(CC)OCCCCCCCCCC. The maximum absolute atomic E-state index is 6.42. The number of rotatable bonds is 27. The van der Waals surface area contributed by atoms with Crippen molar-refractivity contribution in [1.82, 2.24) is 0 Å². The molecule has 194 valence electrons. The minimum absolute atomic E-state index is 0.918. The Hall–Kier alpha value is 0.137. The predicted molar refractivity (Wildman–Crippen MR) is 147 cm³/mol. The summed E-state index contributed by atoms with van der Waals surface area (Å²) in [6.07, 6.45) is 29.2. The molecular formula is C29H62O2Si. The van der Waals surface area contributed by atoms with Crippen LogP contribution >= 0.6 is 0 Å². The fourth-order valence-corrected chi connectivity index (χ4v) is 7.00. The lowest BCUT2D eigenvalue weighted by Gasteiger charge is -2.29. The molecule has 0 saturated heterocycles. The largest absolute Gasteiger partial charge is 0.394 e. The standard InChI is InChI=1S/C29H62O2Si/c1-5-9-11-13-15-17-18-19-20-21-23-25-27-29-31-32(7-3,8-4)30-28-26-24-22-16-14-12-10-6-2/h5-29H2,1-4H3. The van der Waals surface area contributed by atoms with E-state index in [-0.39, 0.29) is 0 Å². The van der Waals surface area contributed by atoms with Gasteiger partial charge in [-0.3, -0.25) is 0 Å². The van der Waals surface area contributed by atoms with Crippen LogP contribution in [-0.4, -0.2) is 21.8 Å². The molecule has 0 aliphatic rings. The average molecular weight is 471 g/mol. The van der Waals surface area contributed by atoms with Crippen molar-refractivity contribution in [3.8, 4) is 0 Å². The van der Waals surface area contributed by atoms with E-state index in [0.29, 0.717) is 0 Å². The maximum Gasteiger partial charge on any atom is 0.337 e. The molecular weight excluding hydrogens is 408 g/mol. The molecule has 3 heteroatoms. The molecule has 0 aromatic rings. The van der Waals surface area contributed by atoms with E-state index in [1.807, 2.05) is 0 Å². The zero-order valence-electron chi connectivity index (χ0n) is 23.0. The predicted octanol–water partition coefficient (Wildman–Crippen LogP) is 10.7. The maximum atomic E-state index is 6.42. The van der Waals surface area contributed by atoms with Gasteiger partial charge in [0.05, 0.1) is 0 Å². The molecule has 0 rings (SSSR count). The van der Waals surface area contributed by atoms with Crippen molar-refractivity contribution in [1.29, 1.82) is 0 Å². The van der Waals surface area contributed by atoms with Gasteiger partial charge in [-0.1, -0.05) is 150 Å². The molecule has 0 fully saturated rings. The third-order valence-corrected chi connectivity index (χ3v) is 10.7. The Morgan fingerprint density at radius 2 is 0.594 bits per heavy atom. The van der Waals surface area contributed by atoms with Gasteiger partial charge in [-0.25, -0.2) is 0 Å². The highest BCUT2D eigenvalue weighted by atomic mass is 28.4. The highest BCUT2D eigenvalue weighted by molar-refractivity contribution is 6.67. The third kappa shape index (κ3) is 20.7. The Morgan fingerprint density at radius 3 is 0.844 bits per heavy atom. The molecule has 0 amide bonds. The zero-order chi connectivity index (χ0) is 23.6. The molecule has 0 radical (unpaired) electrons. The molecule has 0 aliphatic heterocycles. The summed E-state index contributed by atoms with van der Waals surface area (Å²) in [6.45, 7) is 11.0. The van der Waals surface area contributed by atoms with Gasteiger partial charge in [0.15, 0.2) is 0 Å². The summed E-state index contributed by atoms with van der Waals surface area (Å²) in [5, 5.41) is 0. The molecule has 0 spiro atoms. The smallest absolute Gasteiger partial charge is 0.337 e. The van der Waals surface area contributed by atoms with Gasteiger partial charge in [-0.15, -0.1) is 0 Å². The summed E-state index contributed by atoms with van der Waals surface area (Å²) in [5.74, 6) is 0. The van der Waals surface area contributed by atoms with E-state index < -0.39 is 8.56 Å². The van der Waals surface area contributed by atoms with Crippen LogP contribution in [0.25, 0.3) is 0 Å². The molecule has 0 aliphatic carbocycles. The molecule has 0 atom stereocenters. The van der Waals surface area contributed by atoms with E-state index in [9.17, 15) is 0 Å². The molecule has 0 bridgehead atoms. The van der Waals surface area contributed by atoms with Gasteiger partial charge in [0, 0.05) is 13.2 Å². The van der Waals surface area contributed by atoms with Gasteiger partial charge in [-0.05, 0) is 24.9 Å². The van der Waals surface area contributed by atoms with Gasteiger partial charge in [-0.2, -0.15) is 0 Å². The minimum Gasteiger partial charge on any atom is -0.394 e. The highest BCUT2D eigenvalue weighted by Crippen LogP contribution is 2.21. The lowest BCUT2D eigenvalue weighted by Crippen LogP contribution is -2.41. The highest BCUT2D eigenvalue weighted by Gasteiger charge is 2.33. The second-order valence-electron chi connectivity index (χ2n) is 10.0. The minimum atomic E-state index is -1.93. The van der Waals surface area contributed by atoms with Gasteiger partial charge >= 0.3 is 8.56 Å². The molecule has 0 saturated carbocycles. The molecule has 32 heavy (non-hydrogen) atoms. The third-order valence-electron chi connectivity index (χ3n) is 7.05. The Balaban J connectivity index is 3.57. The van der Waals surface area contributed by atoms with E-state index in [2.05, 4.69) is 27.7 Å². The summed E-state index contributed by atoms with van der Waals surface area (Å²) >= 11 is 0. The van der Waals surface area contributed by atoms with Crippen LogP contribution in [-0.2, 0) is 8.85 Å². The van der Waals surface area contributed by atoms with Crippen LogP contribution < -0.4 is 0 Å². The summed E-state index contributed by atoms with van der Waals surface area (Å²) in [4.78, 5) is 0. The van der Waals surface area contributed by atoms with E-state index in [1.165, 1.54) is 135 Å². The summed E-state index contributed by atoms with van der Waals surface area (Å²) in [7, 11) is -1.93. The Bertz CT molecular complexity index is 344. The molecule has 0 aromatic carbocycles. The quantitative estimate of drug-likeness (QED) is 0.0877. The Kier molecular flexibility index (Phi) is 25.9. The number of hydrogen-bond acceptors (Lipinski definition) is 2. The van der Waals surface area contributed by atoms with Crippen molar-refractivity contribution >= 4 is 8.56 Å². The van der Waals surface area contributed by atoms with Crippen molar-refractivity contribution < 1.29 is 8.85 Å². The molecule has 2 nitrogen and oxygen atoms in total. The van der Waals surface area contributed by atoms with Gasteiger partial charge in [0.1, 0.15) is 0 Å². The first-order valence-electron chi connectivity index (χ1n) is 15.0. The van der Waals surface area contributed by atoms with Crippen molar-refractivity contribution in [2.75, 3.05) is 13.2 Å². The lowest BCUT2D eigenvalue weighted by molar-refractivity contribution is 0.163. The summed E-state index contributed by atoms with van der Waals surface area (Å²) < 4.78 is 12.8. The Morgan fingerprint density at radius 1 is 0.344 bits per heavy atom. The van der Waals surface area contributed by atoms with Crippen LogP contribution in [0.3, 0.4) is 0 Å². The fraction of sp³-hybridized carbons (Fsp3) is 1.00. The summed E-state index contributed by atoms with van der Waals surface area (Å²) in [6, 6.07) is 2.19.